The number of nitrogens with zero attached hydrogens (tertiary/aromatic N) is 1. The summed E-state index contributed by atoms with van der Waals surface area (Å²) in [6.45, 7) is 3.96. The first-order chi connectivity index (χ1) is 13.0. The molecule has 148 valence electrons. The van der Waals surface area contributed by atoms with Crippen LogP contribution < -0.4 is 11.1 Å². The van der Waals surface area contributed by atoms with Gasteiger partial charge >= 0.3 is 0 Å². The van der Waals surface area contributed by atoms with Crippen molar-refractivity contribution in [3.8, 4) is 0 Å². The number of amides is 1. The normalized spacial score (nSPS) is 20.9. The zero-order valence-electron chi connectivity index (χ0n) is 15.9. The number of nitrogen functional groups attached to an aromatic ring is 1. The van der Waals surface area contributed by atoms with E-state index in [1.54, 1.807) is 0 Å². The maximum Gasteiger partial charge on any atom is 0.253 e. The fourth-order valence-corrected chi connectivity index (χ4v) is 3.58. The van der Waals surface area contributed by atoms with Crippen molar-refractivity contribution in [2.24, 2.45) is 0 Å². The van der Waals surface area contributed by atoms with Crippen LogP contribution in [0.5, 0.6) is 0 Å². The maximum atomic E-state index is 13.1. The highest BCUT2D eigenvalue weighted by molar-refractivity contribution is 6.02. The average Bonchev–Trinajstić information content (AvgIpc) is 3.52. The predicted molar refractivity (Wildman–Crippen MR) is 105 cm³/mol. The van der Waals surface area contributed by atoms with E-state index >= 15 is 0 Å². The molecule has 27 heavy (non-hydrogen) atoms. The highest BCUT2D eigenvalue weighted by atomic mass is 16.5. The Morgan fingerprint density at radius 3 is 2.89 bits per heavy atom. The Balaban J connectivity index is 1.80. The molecule has 1 amide bonds. The molecule has 1 saturated heterocycles. The Labute approximate surface area is 160 Å². The zero-order chi connectivity index (χ0) is 19.4. The highest BCUT2D eigenvalue weighted by Crippen LogP contribution is 2.36. The van der Waals surface area contributed by atoms with Crippen LogP contribution in [-0.4, -0.2) is 60.1 Å². The molecule has 1 aromatic carbocycles. The number of carbonyl (C=O) groups excluding carboxylic acids is 1. The molecule has 1 aromatic rings. The second-order valence-corrected chi connectivity index (χ2v) is 7.37. The molecule has 1 aliphatic heterocycles. The van der Waals surface area contributed by atoms with E-state index in [1.165, 1.54) is 0 Å². The number of benzene rings is 1. The molecule has 7 heteroatoms. The molecule has 7 nitrogen and oxygen atoms in total. The summed E-state index contributed by atoms with van der Waals surface area (Å²) >= 11 is 0. The number of carbonyl (C=O) groups is 1. The molecule has 1 saturated carbocycles. The second kappa shape index (κ2) is 8.82. The van der Waals surface area contributed by atoms with Gasteiger partial charge in [-0.2, -0.15) is 0 Å². The van der Waals surface area contributed by atoms with E-state index in [0.29, 0.717) is 43.0 Å². The number of nitrogens with two attached hydrogens (primary N) is 1. The van der Waals surface area contributed by atoms with Crippen LogP contribution in [0, 0.1) is 5.41 Å². The standard InChI is InChI=1S/C20H30N4O3/c1-13(14-4-7-18(22)16(11-14)17(21)3-2-9-25)24(15-5-6-15)20(26)19-12-23-8-10-27-19/h4,7,11,13,15,19,21,23,25H,2-3,5-6,8-10,12,22H2,1H3/t13-,19-/m1/s1. The van der Waals surface area contributed by atoms with Crippen LogP contribution in [0.15, 0.2) is 18.2 Å². The first-order valence-electron chi connectivity index (χ1n) is 9.75. The molecule has 1 heterocycles. The molecule has 2 aliphatic rings. The molecule has 2 atom stereocenters. The number of hydrogen-bond donors (Lipinski definition) is 4. The van der Waals surface area contributed by atoms with E-state index in [2.05, 4.69) is 5.32 Å². The molecule has 0 radical (unpaired) electrons. The van der Waals surface area contributed by atoms with Gasteiger partial charge in [0.05, 0.1) is 12.6 Å². The van der Waals surface area contributed by atoms with E-state index in [0.717, 1.165) is 24.9 Å². The Kier molecular flexibility index (Phi) is 6.46. The topological polar surface area (TPSA) is 112 Å². The number of aliphatic hydroxyl groups excluding tert-OH is 1. The summed E-state index contributed by atoms with van der Waals surface area (Å²) in [5, 5.41) is 20.5. The van der Waals surface area contributed by atoms with Gasteiger partial charge < -0.3 is 31.2 Å². The molecule has 0 aromatic heterocycles. The summed E-state index contributed by atoms with van der Waals surface area (Å²) in [6.07, 6.45) is 2.62. The van der Waals surface area contributed by atoms with Crippen molar-refractivity contribution in [3.05, 3.63) is 29.3 Å². The summed E-state index contributed by atoms with van der Waals surface area (Å²) in [5.41, 5.74) is 8.70. The number of hydrogen-bond acceptors (Lipinski definition) is 6. The average molecular weight is 374 g/mol. The van der Waals surface area contributed by atoms with Crippen molar-refractivity contribution in [1.29, 1.82) is 5.41 Å². The highest BCUT2D eigenvalue weighted by Gasteiger charge is 2.40. The molecule has 5 N–H and O–H groups in total. The number of nitrogens with one attached hydrogen (secondary N) is 2. The summed E-state index contributed by atoms with van der Waals surface area (Å²) in [7, 11) is 0. The quantitative estimate of drug-likeness (QED) is 0.406. The van der Waals surface area contributed by atoms with Crippen LogP contribution in [0.25, 0.3) is 0 Å². The van der Waals surface area contributed by atoms with Gasteiger partial charge in [-0.05, 0) is 50.3 Å². The van der Waals surface area contributed by atoms with Gasteiger partial charge in [0.2, 0.25) is 0 Å². The van der Waals surface area contributed by atoms with Gasteiger partial charge in [-0.3, -0.25) is 4.79 Å². The molecule has 2 fully saturated rings. The number of morpholine rings is 1. The third-order valence-corrected chi connectivity index (χ3v) is 5.28. The van der Waals surface area contributed by atoms with Crippen molar-refractivity contribution in [3.63, 3.8) is 0 Å². The van der Waals surface area contributed by atoms with Gasteiger partial charge in [0, 0.05) is 42.7 Å². The first-order valence-corrected chi connectivity index (χ1v) is 9.75. The van der Waals surface area contributed by atoms with Crippen molar-refractivity contribution >= 4 is 17.3 Å². The number of ether oxygens (including phenoxy) is 1. The van der Waals surface area contributed by atoms with Crippen LogP contribution in [-0.2, 0) is 9.53 Å². The zero-order valence-corrected chi connectivity index (χ0v) is 15.9. The minimum absolute atomic E-state index is 0.0333. The van der Waals surface area contributed by atoms with Gasteiger partial charge in [0.15, 0.2) is 0 Å². The van der Waals surface area contributed by atoms with Crippen molar-refractivity contribution in [2.75, 3.05) is 32.0 Å². The lowest BCUT2D eigenvalue weighted by atomic mass is 9.97. The monoisotopic (exact) mass is 374 g/mol. The molecule has 1 aliphatic carbocycles. The number of anilines is 1. The predicted octanol–water partition coefficient (Wildman–Crippen LogP) is 1.45. The molecule has 3 rings (SSSR count). The van der Waals surface area contributed by atoms with Crippen LogP contribution in [0.3, 0.4) is 0 Å². The Morgan fingerprint density at radius 1 is 1.48 bits per heavy atom. The first kappa shape index (κ1) is 19.8. The van der Waals surface area contributed by atoms with E-state index in [4.69, 9.17) is 21.0 Å². The van der Waals surface area contributed by atoms with Gasteiger partial charge in [0.25, 0.3) is 5.91 Å². The summed E-state index contributed by atoms with van der Waals surface area (Å²) in [4.78, 5) is 15.0. The third-order valence-electron chi connectivity index (χ3n) is 5.28. The van der Waals surface area contributed by atoms with Gasteiger partial charge in [-0.15, -0.1) is 0 Å². The minimum atomic E-state index is -0.432. The van der Waals surface area contributed by atoms with Crippen LogP contribution in [0.4, 0.5) is 5.69 Å². The third kappa shape index (κ3) is 4.66. The van der Waals surface area contributed by atoms with Gasteiger partial charge in [0.1, 0.15) is 6.10 Å². The lowest BCUT2D eigenvalue weighted by Crippen LogP contribution is -2.50. The summed E-state index contributed by atoms with van der Waals surface area (Å²) < 4.78 is 5.68. The smallest absolute Gasteiger partial charge is 0.253 e. The largest absolute Gasteiger partial charge is 0.398 e. The SMILES string of the molecule is C[C@H](c1ccc(N)c(C(=N)CCCO)c1)N(C(=O)[C@H]1CNCCO1)C1CC1. The second-order valence-electron chi connectivity index (χ2n) is 7.37. The number of rotatable bonds is 8. The Morgan fingerprint density at radius 2 is 2.26 bits per heavy atom. The summed E-state index contributed by atoms with van der Waals surface area (Å²) in [6, 6.07) is 5.81. The number of aliphatic hydroxyl groups is 1. The molecule has 0 bridgehead atoms. The van der Waals surface area contributed by atoms with E-state index < -0.39 is 6.10 Å². The van der Waals surface area contributed by atoms with Crippen LogP contribution in [0.2, 0.25) is 0 Å². The molecular weight excluding hydrogens is 344 g/mol. The molecular formula is C20H30N4O3. The van der Waals surface area contributed by atoms with E-state index in [9.17, 15) is 4.79 Å². The summed E-state index contributed by atoms with van der Waals surface area (Å²) in [5.74, 6) is 0.0333. The lowest BCUT2D eigenvalue weighted by Gasteiger charge is -2.34. The fraction of sp³-hybridized carbons (Fsp3) is 0.600. The maximum absolute atomic E-state index is 13.1. The lowest BCUT2D eigenvalue weighted by molar-refractivity contribution is -0.148. The van der Waals surface area contributed by atoms with Crippen LogP contribution in [0.1, 0.15) is 49.8 Å². The molecule has 0 unspecified atom stereocenters. The van der Waals surface area contributed by atoms with Crippen molar-refractivity contribution in [2.45, 2.75) is 50.8 Å². The Hall–Kier alpha value is -1.96. The van der Waals surface area contributed by atoms with Crippen molar-refractivity contribution < 1.29 is 14.6 Å². The van der Waals surface area contributed by atoms with Crippen molar-refractivity contribution in [1.82, 2.24) is 10.2 Å². The Bertz CT molecular complexity index is 684. The fourth-order valence-electron chi connectivity index (χ4n) is 3.58. The van der Waals surface area contributed by atoms with E-state index in [-0.39, 0.29) is 24.6 Å². The molecule has 0 spiro atoms. The van der Waals surface area contributed by atoms with Gasteiger partial charge in [-0.25, -0.2) is 0 Å². The van der Waals surface area contributed by atoms with Crippen LogP contribution >= 0.6 is 0 Å². The van der Waals surface area contributed by atoms with E-state index in [1.807, 2.05) is 30.0 Å². The van der Waals surface area contributed by atoms with Gasteiger partial charge in [-0.1, -0.05) is 6.07 Å². The minimum Gasteiger partial charge on any atom is -0.398 e.